The van der Waals surface area contributed by atoms with Gasteiger partial charge in [-0.3, -0.25) is 14.2 Å². The Labute approximate surface area is 132 Å². The topological polar surface area (TPSA) is 97.6 Å². The fraction of sp³-hybridized carbons (Fsp3) is 0.333. The summed E-state index contributed by atoms with van der Waals surface area (Å²) in [6.45, 7) is 2.44. The highest BCUT2D eigenvalue weighted by molar-refractivity contribution is 6.00. The van der Waals surface area contributed by atoms with Crippen LogP contribution in [0.5, 0.6) is 5.75 Å². The van der Waals surface area contributed by atoms with Gasteiger partial charge in [-0.15, -0.1) is 10.2 Å². The second kappa shape index (κ2) is 6.07. The number of benzene rings is 1. The number of hydrogen-bond acceptors (Lipinski definition) is 5. The van der Waals surface area contributed by atoms with Gasteiger partial charge in [-0.1, -0.05) is 0 Å². The molecule has 0 aliphatic carbocycles. The summed E-state index contributed by atoms with van der Waals surface area (Å²) >= 11 is 0. The van der Waals surface area contributed by atoms with Crippen molar-refractivity contribution in [2.24, 2.45) is 5.92 Å². The number of nitrogens with zero attached hydrogens (tertiary/aromatic N) is 4. The number of ether oxygens (including phenoxy) is 1. The highest BCUT2D eigenvalue weighted by Gasteiger charge is 2.36. The molecule has 1 aliphatic heterocycles. The van der Waals surface area contributed by atoms with Gasteiger partial charge in [0.25, 0.3) is 0 Å². The second-order valence-corrected chi connectivity index (χ2v) is 5.20. The van der Waals surface area contributed by atoms with Crippen LogP contribution in [0.4, 0.5) is 5.69 Å². The van der Waals surface area contributed by atoms with Crippen molar-refractivity contribution < 1.29 is 19.4 Å². The number of amides is 1. The summed E-state index contributed by atoms with van der Waals surface area (Å²) in [6.07, 6.45) is 3.09. The molecule has 1 atom stereocenters. The maximum atomic E-state index is 12.2. The van der Waals surface area contributed by atoms with E-state index >= 15 is 0 Å². The Hall–Kier alpha value is -2.90. The summed E-state index contributed by atoms with van der Waals surface area (Å²) in [6, 6.07) is 5.36. The standard InChI is InChI=1S/C15H16N4O4/c1-2-23-13-4-3-11(18-8-16-17-9-18)6-12(13)19-7-10(15(21)22)5-14(19)20/h3-4,6,8-10H,2,5,7H2,1H3,(H,21,22). The predicted octanol–water partition coefficient (Wildman–Crippen LogP) is 1.10. The number of aromatic nitrogens is 3. The number of aliphatic carboxylic acids is 1. The molecule has 1 aliphatic rings. The zero-order valence-corrected chi connectivity index (χ0v) is 12.5. The third kappa shape index (κ3) is 2.87. The molecule has 2 heterocycles. The van der Waals surface area contributed by atoms with E-state index in [9.17, 15) is 9.59 Å². The number of carboxylic acid groups (broad SMARTS) is 1. The number of rotatable bonds is 5. The molecular formula is C15H16N4O4. The van der Waals surface area contributed by atoms with E-state index in [1.807, 2.05) is 13.0 Å². The van der Waals surface area contributed by atoms with Gasteiger partial charge in [0.2, 0.25) is 5.91 Å². The fourth-order valence-corrected chi connectivity index (χ4v) is 2.59. The van der Waals surface area contributed by atoms with Crippen molar-refractivity contribution in [3.63, 3.8) is 0 Å². The van der Waals surface area contributed by atoms with Crippen LogP contribution in [0.1, 0.15) is 13.3 Å². The average molecular weight is 316 g/mol. The minimum absolute atomic E-state index is 0.00223. The van der Waals surface area contributed by atoms with Crippen LogP contribution in [0, 0.1) is 5.92 Å². The average Bonchev–Trinajstić information content (AvgIpc) is 3.17. The Morgan fingerprint density at radius 2 is 2.13 bits per heavy atom. The molecule has 23 heavy (non-hydrogen) atoms. The van der Waals surface area contributed by atoms with Gasteiger partial charge in [0.05, 0.1) is 23.9 Å². The van der Waals surface area contributed by atoms with Gasteiger partial charge >= 0.3 is 5.97 Å². The minimum Gasteiger partial charge on any atom is -0.492 e. The molecule has 2 aromatic rings. The van der Waals surface area contributed by atoms with Crippen LogP contribution < -0.4 is 9.64 Å². The third-order valence-corrected chi connectivity index (χ3v) is 3.72. The lowest BCUT2D eigenvalue weighted by Gasteiger charge is -2.21. The number of carbonyl (C=O) groups excluding carboxylic acids is 1. The Bertz CT molecular complexity index is 729. The number of carbonyl (C=O) groups is 2. The van der Waals surface area contributed by atoms with E-state index in [1.54, 1.807) is 29.4 Å². The molecule has 3 rings (SSSR count). The largest absolute Gasteiger partial charge is 0.492 e. The quantitative estimate of drug-likeness (QED) is 0.887. The van der Waals surface area contributed by atoms with E-state index in [0.29, 0.717) is 18.0 Å². The maximum Gasteiger partial charge on any atom is 0.308 e. The van der Waals surface area contributed by atoms with Crippen LogP contribution >= 0.6 is 0 Å². The molecule has 1 unspecified atom stereocenters. The second-order valence-electron chi connectivity index (χ2n) is 5.20. The summed E-state index contributed by atoms with van der Waals surface area (Å²) in [5.74, 6) is -1.34. The van der Waals surface area contributed by atoms with Gasteiger partial charge in [-0.05, 0) is 25.1 Å². The van der Waals surface area contributed by atoms with Crippen molar-refractivity contribution in [1.29, 1.82) is 0 Å². The molecule has 8 heteroatoms. The molecular weight excluding hydrogens is 300 g/mol. The zero-order chi connectivity index (χ0) is 16.4. The highest BCUT2D eigenvalue weighted by Crippen LogP contribution is 2.35. The Kier molecular flexibility index (Phi) is 3.96. The van der Waals surface area contributed by atoms with Crippen molar-refractivity contribution in [3.05, 3.63) is 30.9 Å². The molecule has 1 N–H and O–H groups in total. The van der Waals surface area contributed by atoms with Gasteiger partial charge in [-0.25, -0.2) is 0 Å². The first-order valence-corrected chi connectivity index (χ1v) is 7.25. The SMILES string of the molecule is CCOc1ccc(-n2cnnc2)cc1N1CC(C(=O)O)CC1=O. The van der Waals surface area contributed by atoms with Crippen molar-refractivity contribution in [2.75, 3.05) is 18.1 Å². The van der Waals surface area contributed by atoms with E-state index < -0.39 is 11.9 Å². The Morgan fingerprint density at radius 1 is 1.39 bits per heavy atom. The predicted molar refractivity (Wildman–Crippen MR) is 80.6 cm³/mol. The summed E-state index contributed by atoms with van der Waals surface area (Å²) < 4.78 is 7.29. The van der Waals surface area contributed by atoms with Crippen LogP contribution in [-0.4, -0.2) is 44.9 Å². The molecule has 1 aromatic heterocycles. The van der Waals surface area contributed by atoms with E-state index in [2.05, 4.69) is 10.2 Å². The van der Waals surface area contributed by atoms with Crippen LogP contribution in [0.15, 0.2) is 30.9 Å². The Morgan fingerprint density at radius 3 is 2.74 bits per heavy atom. The third-order valence-electron chi connectivity index (χ3n) is 3.72. The number of carboxylic acids is 1. The number of anilines is 1. The first-order chi connectivity index (χ1) is 11.1. The van der Waals surface area contributed by atoms with Gasteiger partial charge < -0.3 is 14.7 Å². The molecule has 0 saturated carbocycles. The van der Waals surface area contributed by atoms with Gasteiger partial charge in [0.1, 0.15) is 18.4 Å². The summed E-state index contributed by atoms with van der Waals surface area (Å²) in [5.41, 5.74) is 1.33. The lowest BCUT2D eigenvalue weighted by atomic mass is 10.1. The monoisotopic (exact) mass is 316 g/mol. The molecule has 0 bridgehead atoms. The maximum absolute atomic E-state index is 12.2. The molecule has 0 spiro atoms. The molecule has 1 aromatic carbocycles. The van der Waals surface area contributed by atoms with Gasteiger partial charge in [0.15, 0.2) is 0 Å². The molecule has 120 valence electrons. The fourth-order valence-electron chi connectivity index (χ4n) is 2.59. The molecule has 1 saturated heterocycles. The minimum atomic E-state index is -0.964. The van der Waals surface area contributed by atoms with E-state index in [-0.39, 0.29) is 18.9 Å². The summed E-state index contributed by atoms with van der Waals surface area (Å²) in [7, 11) is 0. The Balaban J connectivity index is 2.00. The summed E-state index contributed by atoms with van der Waals surface area (Å²) in [4.78, 5) is 24.8. The lowest BCUT2D eigenvalue weighted by Crippen LogP contribution is -2.26. The molecule has 0 radical (unpaired) electrons. The smallest absolute Gasteiger partial charge is 0.308 e. The van der Waals surface area contributed by atoms with E-state index in [0.717, 1.165) is 5.69 Å². The molecule has 1 amide bonds. The van der Waals surface area contributed by atoms with Crippen molar-refractivity contribution >= 4 is 17.6 Å². The van der Waals surface area contributed by atoms with Crippen molar-refractivity contribution in [1.82, 2.24) is 14.8 Å². The highest BCUT2D eigenvalue weighted by atomic mass is 16.5. The first kappa shape index (κ1) is 15.0. The van der Waals surface area contributed by atoms with Crippen LogP contribution in [0.2, 0.25) is 0 Å². The van der Waals surface area contributed by atoms with Crippen molar-refractivity contribution in [3.8, 4) is 11.4 Å². The summed E-state index contributed by atoms with van der Waals surface area (Å²) in [5, 5.41) is 16.7. The van der Waals surface area contributed by atoms with Crippen molar-refractivity contribution in [2.45, 2.75) is 13.3 Å². The lowest BCUT2D eigenvalue weighted by molar-refractivity contribution is -0.141. The van der Waals surface area contributed by atoms with E-state index in [4.69, 9.17) is 9.84 Å². The van der Waals surface area contributed by atoms with Gasteiger partial charge in [-0.2, -0.15) is 0 Å². The van der Waals surface area contributed by atoms with Crippen LogP contribution in [0.25, 0.3) is 5.69 Å². The van der Waals surface area contributed by atoms with Crippen LogP contribution in [0.3, 0.4) is 0 Å². The first-order valence-electron chi connectivity index (χ1n) is 7.25. The number of hydrogen-bond donors (Lipinski definition) is 1. The van der Waals surface area contributed by atoms with Crippen LogP contribution in [-0.2, 0) is 9.59 Å². The molecule has 1 fully saturated rings. The van der Waals surface area contributed by atoms with Gasteiger partial charge in [0, 0.05) is 13.0 Å². The van der Waals surface area contributed by atoms with E-state index in [1.165, 1.54) is 4.90 Å². The normalized spacial score (nSPS) is 17.5. The zero-order valence-electron chi connectivity index (χ0n) is 12.5. The molecule has 8 nitrogen and oxygen atoms in total.